The molecular weight excluding hydrogens is 1100 g/mol. The van der Waals surface area contributed by atoms with Gasteiger partial charge in [-0.1, -0.05) is 239 Å². The fourth-order valence-corrected chi connectivity index (χ4v) is 15.8. The molecule has 0 radical (unpaired) electrons. The Kier molecular flexibility index (Phi) is 11.1. The van der Waals surface area contributed by atoms with E-state index in [1.165, 1.54) is 154 Å². The maximum absolute atomic E-state index is 2.58. The topological polar surface area (TPSA) is 16.3 Å². The molecule has 0 fully saturated rings. The summed E-state index contributed by atoms with van der Waals surface area (Å²) >= 11 is 0. The van der Waals surface area contributed by atoms with Crippen LogP contribution in [0.1, 0.15) is 26.3 Å². The molecule has 0 saturated heterocycles. The van der Waals surface area contributed by atoms with Crippen LogP contribution in [0, 0.1) is 0 Å². The second-order valence-corrected chi connectivity index (χ2v) is 26.0. The Morgan fingerprint density at radius 3 is 1.11 bits per heavy atom. The summed E-state index contributed by atoms with van der Waals surface area (Å²) in [5, 5.41) is 14.8. The molecule has 15 aromatic carbocycles. The Hall–Kier alpha value is -11.4. The van der Waals surface area contributed by atoms with Gasteiger partial charge in [-0.3, -0.25) is 0 Å². The predicted octanol–water partition coefficient (Wildman–Crippen LogP) is 21.2. The normalized spacial score (nSPS) is 12.9. The molecule has 19 rings (SSSR count). The molecule has 4 heterocycles. The third-order valence-electron chi connectivity index (χ3n) is 20.0. The largest absolute Gasteiger partial charge is 0.311 e. The number of fused-ring (bicyclic) bond motifs is 16. The highest BCUT2D eigenvalue weighted by molar-refractivity contribution is 7.00. The van der Waals surface area contributed by atoms with Crippen LogP contribution in [-0.2, 0) is 5.41 Å². The molecule has 426 valence electrons. The summed E-state index contributed by atoms with van der Waals surface area (Å²) in [6.45, 7) is 6.97. The van der Waals surface area contributed by atoms with Crippen molar-refractivity contribution in [3.05, 3.63) is 309 Å². The molecule has 2 aliphatic heterocycles. The van der Waals surface area contributed by atoms with Gasteiger partial charge < -0.3 is 18.9 Å². The van der Waals surface area contributed by atoms with Crippen molar-refractivity contribution in [3.63, 3.8) is 0 Å². The zero-order valence-electron chi connectivity index (χ0n) is 50.7. The minimum absolute atomic E-state index is 0.114. The Morgan fingerprint density at radius 2 is 0.670 bits per heavy atom. The Labute approximate surface area is 528 Å². The lowest BCUT2D eigenvalue weighted by Crippen LogP contribution is -2.61. The Bertz CT molecular complexity index is 5550. The number of hydrogen-bond donors (Lipinski definition) is 0. The van der Waals surface area contributed by atoms with Crippen LogP contribution in [0.3, 0.4) is 0 Å². The molecule has 91 heavy (non-hydrogen) atoms. The smallest absolute Gasteiger partial charge is 0.252 e. The van der Waals surface area contributed by atoms with E-state index in [1.54, 1.807) is 0 Å². The molecule has 0 bridgehead atoms. The summed E-state index contributed by atoms with van der Waals surface area (Å²) in [5.41, 5.74) is 23.8. The highest BCUT2D eigenvalue weighted by atomic mass is 15.2. The van der Waals surface area contributed by atoms with Crippen LogP contribution in [0.5, 0.6) is 0 Å². The summed E-state index contributed by atoms with van der Waals surface area (Å²) in [7, 11) is 0. The van der Waals surface area contributed by atoms with E-state index in [4.69, 9.17) is 0 Å². The minimum Gasteiger partial charge on any atom is -0.311 e. The van der Waals surface area contributed by atoms with Crippen LogP contribution in [-0.4, -0.2) is 15.8 Å². The van der Waals surface area contributed by atoms with E-state index in [-0.39, 0.29) is 12.1 Å². The summed E-state index contributed by atoms with van der Waals surface area (Å²) in [6.07, 6.45) is 0. The minimum atomic E-state index is -0.195. The van der Waals surface area contributed by atoms with Crippen molar-refractivity contribution in [2.75, 3.05) is 9.80 Å². The lowest BCUT2D eigenvalue weighted by molar-refractivity contribution is 0.590. The molecule has 0 spiro atoms. The summed E-state index contributed by atoms with van der Waals surface area (Å²) in [5.74, 6) is 0. The van der Waals surface area contributed by atoms with Crippen LogP contribution >= 0.6 is 0 Å². The quantitative estimate of drug-likeness (QED) is 0.154. The van der Waals surface area contributed by atoms with Gasteiger partial charge in [-0.05, 0) is 167 Å². The monoisotopic (exact) mass is 1160 g/mol. The SMILES string of the molecule is CC(C)(C)c1cc2c3c(c1)N(c1ccccc1)c1cc(-n4c5ccc(-c6cccc7ccccc67)cc5c5ccc6ccccc6c54)ccc1B3c1ccc(-n3c4ccc(-c5cccc6ccccc56)cc4c4ccc5ccccc5c43)cc1N2c1ccccc1. The second-order valence-electron chi connectivity index (χ2n) is 26.0. The molecule has 0 unspecified atom stereocenters. The summed E-state index contributed by atoms with van der Waals surface area (Å²) < 4.78 is 5.10. The lowest BCUT2D eigenvalue weighted by atomic mass is 9.33. The van der Waals surface area contributed by atoms with E-state index in [2.05, 4.69) is 343 Å². The first-order valence-electron chi connectivity index (χ1n) is 31.8. The van der Waals surface area contributed by atoms with E-state index in [0.29, 0.717) is 0 Å². The number of para-hydroxylation sites is 2. The Morgan fingerprint density at radius 1 is 0.275 bits per heavy atom. The molecule has 0 atom stereocenters. The molecule has 0 aliphatic carbocycles. The molecule has 0 amide bonds. The summed E-state index contributed by atoms with van der Waals surface area (Å²) in [6, 6.07) is 114. The predicted molar refractivity (Wildman–Crippen MR) is 389 cm³/mol. The highest BCUT2D eigenvalue weighted by Crippen LogP contribution is 2.49. The highest BCUT2D eigenvalue weighted by Gasteiger charge is 2.44. The number of hydrogen-bond acceptors (Lipinski definition) is 2. The van der Waals surface area contributed by atoms with Crippen molar-refractivity contribution in [2.45, 2.75) is 26.2 Å². The van der Waals surface area contributed by atoms with Gasteiger partial charge in [-0.15, -0.1) is 0 Å². The van der Waals surface area contributed by atoms with Gasteiger partial charge in [0.05, 0.1) is 22.1 Å². The molecule has 0 saturated carbocycles. The number of anilines is 6. The zero-order chi connectivity index (χ0) is 60.2. The number of rotatable bonds is 6. The third kappa shape index (κ3) is 7.71. The zero-order valence-corrected chi connectivity index (χ0v) is 50.7. The van der Waals surface area contributed by atoms with Crippen LogP contribution in [0.2, 0.25) is 0 Å². The van der Waals surface area contributed by atoms with Crippen LogP contribution in [0.15, 0.2) is 303 Å². The molecule has 0 N–H and O–H groups in total. The van der Waals surface area contributed by atoms with Gasteiger partial charge in [0.25, 0.3) is 6.71 Å². The van der Waals surface area contributed by atoms with Crippen molar-refractivity contribution in [3.8, 4) is 33.6 Å². The second kappa shape index (κ2) is 19.6. The van der Waals surface area contributed by atoms with E-state index >= 15 is 0 Å². The average molecular weight is 1160 g/mol. The first-order chi connectivity index (χ1) is 44.8. The number of aromatic nitrogens is 2. The molecular formula is C86H59BN4. The van der Waals surface area contributed by atoms with Crippen molar-refractivity contribution < 1.29 is 0 Å². The fraction of sp³-hybridized carbons (Fsp3) is 0.0465. The number of nitrogens with zero attached hydrogens (tertiary/aromatic N) is 4. The van der Waals surface area contributed by atoms with Gasteiger partial charge in [0.15, 0.2) is 0 Å². The first kappa shape index (κ1) is 51.6. The first-order valence-corrected chi connectivity index (χ1v) is 31.8. The van der Waals surface area contributed by atoms with Crippen molar-refractivity contribution in [2.24, 2.45) is 0 Å². The molecule has 2 aromatic heterocycles. The van der Waals surface area contributed by atoms with E-state index in [9.17, 15) is 0 Å². The molecule has 2 aliphatic rings. The molecule has 4 nitrogen and oxygen atoms in total. The Balaban J connectivity index is 0.873. The fourth-order valence-electron chi connectivity index (χ4n) is 15.8. The van der Waals surface area contributed by atoms with E-state index in [0.717, 1.165) is 22.7 Å². The van der Waals surface area contributed by atoms with Crippen LogP contribution in [0.4, 0.5) is 34.1 Å². The molecule has 17 aromatic rings. The standard InChI is InChI=1S/C86H59BN4/c1-86(2,3)60-50-81-83-82(51-60)89(62-28-8-5-9-29-62)80-53-64(91-78-47-39-59(68-35-19-25-55-21-11-15-31-66(55)68)49-74(78)72-43-37-57-23-13-17-33-70(57)85(72)91)41-45-76(80)87(83)75-44-40-63(52-79(75)88(81)61-26-6-4-7-27-61)90-77-46-38-58(67-34-18-24-54-20-10-14-30-65(54)67)48-73(77)71-42-36-56-22-12-16-32-69(56)84(71)90/h4-53H,1-3H3. The molecule has 5 heteroatoms. The maximum atomic E-state index is 2.58. The van der Waals surface area contributed by atoms with E-state index < -0.39 is 0 Å². The average Bonchev–Trinajstić information content (AvgIpc) is 1.31. The van der Waals surface area contributed by atoms with Gasteiger partial charge >= 0.3 is 0 Å². The van der Waals surface area contributed by atoms with Crippen molar-refractivity contribution >= 4 is 144 Å². The number of benzene rings is 15. The summed E-state index contributed by atoms with van der Waals surface area (Å²) in [4.78, 5) is 5.15. The van der Waals surface area contributed by atoms with Gasteiger partial charge in [-0.25, -0.2) is 0 Å². The van der Waals surface area contributed by atoms with Crippen LogP contribution < -0.4 is 26.2 Å². The van der Waals surface area contributed by atoms with Crippen molar-refractivity contribution in [1.29, 1.82) is 0 Å². The lowest BCUT2D eigenvalue weighted by Gasteiger charge is -2.45. The third-order valence-corrected chi connectivity index (χ3v) is 20.0. The van der Waals surface area contributed by atoms with Gasteiger partial charge in [-0.2, -0.15) is 0 Å². The van der Waals surface area contributed by atoms with E-state index in [1.807, 2.05) is 0 Å². The maximum Gasteiger partial charge on any atom is 0.252 e. The van der Waals surface area contributed by atoms with Gasteiger partial charge in [0, 0.05) is 77.8 Å². The van der Waals surface area contributed by atoms with Crippen molar-refractivity contribution in [1.82, 2.24) is 9.13 Å². The van der Waals surface area contributed by atoms with Gasteiger partial charge in [0.1, 0.15) is 0 Å². The van der Waals surface area contributed by atoms with Gasteiger partial charge in [0.2, 0.25) is 0 Å². The van der Waals surface area contributed by atoms with Crippen LogP contribution in [0.25, 0.3) is 120 Å².